The van der Waals surface area contributed by atoms with Gasteiger partial charge in [-0.2, -0.15) is 0 Å². The van der Waals surface area contributed by atoms with E-state index in [1.165, 1.54) is 11.8 Å². The molecule has 0 radical (unpaired) electrons. The summed E-state index contributed by atoms with van der Waals surface area (Å²) in [7, 11) is 0. The number of amides is 1. The van der Waals surface area contributed by atoms with Crippen LogP contribution in [-0.2, 0) is 9.59 Å². The normalized spacial score (nSPS) is 24.4. The smallest absolute Gasteiger partial charge is 0.308 e. The third-order valence-corrected chi connectivity index (χ3v) is 2.44. The van der Waals surface area contributed by atoms with Gasteiger partial charge in [0.2, 0.25) is 0 Å². The van der Waals surface area contributed by atoms with Gasteiger partial charge in [-0.25, -0.2) is 0 Å². The maximum absolute atomic E-state index is 11.3. The van der Waals surface area contributed by atoms with Crippen molar-refractivity contribution in [1.29, 1.82) is 0 Å². The van der Waals surface area contributed by atoms with Crippen LogP contribution in [0.4, 0.5) is 0 Å². The lowest BCUT2D eigenvalue weighted by Crippen LogP contribution is -2.45. The molecule has 5 nitrogen and oxygen atoms in total. The van der Waals surface area contributed by atoms with Gasteiger partial charge in [0.05, 0.1) is 5.92 Å². The average Bonchev–Trinajstić information content (AvgIpc) is 2.16. The highest BCUT2D eigenvalue weighted by Gasteiger charge is 2.29. The van der Waals surface area contributed by atoms with Crippen LogP contribution in [-0.4, -0.2) is 46.2 Å². The van der Waals surface area contributed by atoms with Gasteiger partial charge in [-0.05, 0) is 19.8 Å². The zero-order chi connectivity index (χ0) is 10.7. The standard InChI is InChI=1S/C9H15NO4/c1-6(11)8(12)10-4-2-3-7(5-10)9(13)14/h6-7,11H,2-5H2,1H3,(H,13,14). The molecule has 0 aliphatic carbocycles. The lowest BCUT2D eigenvalue weighted by Gasteiger charge is -2.31. The van der Waals surface area contributed by atoms with Gasteiger partial charge in [-0.3, -0.25) is 9.59 Å². The van der Waals surface area contributed by atoms with Crippen molar-refractivity contribution in [2.24, 2.45) is 5.92 Å². The van der Waals surface area contributed by atoms with Crippen molar-refractivity contribution in [2.45, 2.75) is 25.9 Å². The van der Waals surface area contributed by atoms with Crippen molar-refractivity contribution in [3.63, 3.8) is 0 Å². The Kier molecular flexibility index (Phi) is 3.46. The first-order valence-corrected chi connectivity index (χ1v) is 4.72. The van der Waals surface area contributed by atoms with Crippen LogP contribution in [0.15, 0.2) is 0 Å². The number of aliphatic carboxylic acids is 1. The molecule has 2 atom stereocenters. The number of hydrogen-bond donors (Lipinski definition) is 2. The van der Waals surface area contributed by atoms with E-state index in [9.17, 15) is 9.59 Å². The zero-order valence-electron chi connectivity index (χ0n) is 8.14. The van der Waals surface area contributed by atoms with Crippen LogP contribution in [0.1, 0.15) is 19.8 Å². The number of hydrogen-bond acceptors (Lipinski definition) is 3. The van der Waals surface area contributed by atoms with E-state index in [1.54, 1.807) is 0 Å². The van der Waals surface area contributed by atoms with E-state index < -0.39 is 18.0 Å². The average molecular weight is 201 g/mol. The van der Waals surface area contributed by atoms with E-state index in [4.69, 9.17) is 10.2 Å². The summed E-state index contributed by atoms with van der Waals surface area (Å²) in [6, 6.07) is 0. The van der Waals surface area contributed by atoms with Crippen LogP contribution >= 0.6 is 0 Å². The zero-order valence-corrected chi connectivity index (χ0v) is 8.14. The van der Waals surface area contributed by atoms with Gasteiger partial charge in [-0.15, -0.1) is 0 Å². The highest BCUT2D eigenvalue weighted by molar-refractivity contribution is 5.81. The molecular formula is C9H15NO4. The Balaban J connectivity index is 2.56. The van der Waals surface area contributed by atoms with Gasteiger partial charge < -0.3 is 15.1 Å². The lowest BCUT2D eigenvalue weighted by atomic mass is 9.98. The monoisotopic (exact) mass is 201 g/mol. The van der Waals surface area contributed by atoms with Crippen molar-refractivity contribution < 1.29 is 19.8 Å². The summed E-state index contributed by atoms with van der Waals surface area (Å²) in [6.45, 7) is 2.17. The highest BCUT2D eigenvalue weighted by Crippen LogP contribution is 2.17. The van der Waals surface area contributed by atoms with Gasteiger partial charge in [-0.1, -0.05) is 0 Å². The van der Waals surface area contributed by atoms with Crippen LogP contribution in [0.2, 0.25) is 0 Å². The molecule has 1 rings (SSSR count). The number of carboxylic acids is 1. The first kappa shape index (κ1) is 11.0. The summed E-state index contributed by atoms with van der Waals surface area (Å²) in [5, 5.41) is 17.8. The Morgan fingerprint density at radius 3 is 2.64 bits per heavy atom. The summed E-state index contributed by atoms with van der Waals surface area (Å²) in [5.74, 6) is -1.73. The minimum Gasteiger partial charge on any atom is -0.481 e. The molecule has 80 valence electrons. The first-order chi connectivity index (χ1) is 6.52. The Morgan fingerprint density at radius 1 is 1.50 bits per heavy atom. The molecule has 5 heteroatoms. The molecule has 1 saturated heterocycles. The molecule has 1 aliphatic heterocycles. The van der Waals surface area contributed by atoms with Crippen LogP contribution in [0, 0.1) is 5.92 Å². The number of carbonyl (C=O) groups is 2. The molecule has 0 bridgehead atoms. The molecule has 0 spiro atoms. The van der Waals surface area contributed by atoms with Gasteiger partial charge in [0, 0.05) is 13.1 Å². The number of nitrogens with zero attached hydrogens (tertiary/aromatic N) is 1. The molecule has 2 unspecified atom stereocenters. The van der Waals surface area contributed by atoms with Gasteiger partial charge in [0.15, 0.2) is 0 Å². The molecule has 2 N–H and O–H groups in total. The molecule has 0 aromatic rings. The van der Waals surface area contributed by atoms with Crippen LogP contribution in [0.3, 0.4) is 0 Å². The molecule has 1 amide bonds. The second-order valence-electron chi connectivity index (χ2n) is 3.64. The van der Waals surface area contributed by atoms with Crippen LogP contribution < -0.4 is 0 Å². The lowest BCUT2D eigenvalue weighted by molar-refractivity contribution is -0.148. The Morgan fingerprint density at radius 2 is 2.14 bits per heavy atom. The fourth-order valence-corrected chi connectivity index (χ4v) is 1.64. The number of rotatable bonds is 2. The Labute approximate surface area is 82.3 Å². The number of aliphatic hydroxyl groups excluding tert-OH is 1. The second-order valence-corrected chi connectivity index (χ2v) is 3.64. The summed E-state index contributed by atoms with van der Waals surface area (Å²) in [6.07, 6.45) is 0.261. The van der Waals surface area contributed by atoms with E-state index >= 15 is 0 Å². The van der Waals surface area contributed by atoms with E-state index in [-0.39, 0.29) is 12.5 Å². The van der Waals surface area contributed by atoms with Crippen LogP contribution in [0.5, 0.6) is 0 Å². The Bertz CT molecular complexity index is 239. The van der Waals surface area contributed by atoms with Crippen molar-refractivity contribution in [3.8, 4) is 0 Å². The molecule has 14 heavy (non-hydrogen) atoms. The molecule has 0 saturated carbocycles. The number of carboxylic acid groups (broad SMARTS) is 1. The summed E-state index contributed by atoms with van der Waals surface area (Å²) in [4.78, 5) is 23.5. The summed E-state index contributed by atoms with van der Waals surface area (Å²) in [5.41, 5.74) is 0. The van der Waals surface area contributed by atoms with Gasteiger partial charge in [0.1, 0.15) is 6.10 Å². The number of likely N-dealkylation sites (tertiary alicyclic amines) is 1. The van der Waals surface area contributed by atoms with Crippen molar-refractivity contribution >= 4 is 11.9 Å². The fraction of sp³-hybridized carbons (Fsp3) is 0.778. The number of carbonyl (C=O) groups excluding carboxylic acids is 1. The predicted octanol–water partition coefficient (Wildman–Crippen LogP) is -0.310. The highest BCUT2D eigenvalue weighted by atomic mass is 16.4. The first-order valence-electron chi connectivity index (χ1n) is 4.72. The molecule has 0 aromatic heterocycles. The molecule has 1 heterocycles. The third kappa shape index (κ3) is 2.45. The van der Waals surface area contributed by atoms with Crippen LogP contribution in [0.25, 0.3) is 0 Å². The van der Waals surface area contributed by atoms with Crippen molar-refractivity contribution in [2.75, 3.05) is 13.1 Å². The second kappa shape index (κ2) is 4.41. The SMILES string of the molecule is CC(O)C(=O)N1CCCC(C(=O)O)C1. The molecule has 1 aliphatic rings. The molecule has 0 aromatic carbocycles. The quantitative estimate of drug-likeness (QED) is 0.642. The van der Waals surface area contributed by atoms with Gasteiger partial charge in [0.25, 0.3) is 5.91 Å². The van der Waals surface area contributed by atoms with E-state index in [0.717, 1.165) is 0 Å². The van der Waals surface area contributed by atoms with Crippen molar-refractivity contribution in [1.82, 2.24) is 4.90 Å². The number of piperidine rings is 1. The summed E-state index contributed by atoms with van der Waals surface area (Å²) < 4.78 is 0. The van der Waals surface area contributed by atoms with E-state index in [1.807, 2.05) is 0 Å². The number of aliphatic hydroxyl groups is 1. The van der Waals surface area contributed by atoms with Crippen molar-refractivity contribution in [3.05, 3.63) is 0 Å². The Hall–Kier alpha value is -1.10. The largest absolute Gasteiger partial charge is 0.481 e. The minimum absolute atomic E-state index is 0.221. The molecular weight excluding hydrogens is 186 g/mol. The predicted molar refractivity (Wildman–Crippen MR) is 48.6 cm³/mol. The van der Waals surface area contributed by atoms with Gasteiger partial charge >= 0.3 is 5.97 Å². The topological polar surface area (TPSA) is 77.8 Å². The maximum Gasteiger partial charge on any atom is 0.308 e. The van der Waals surface area contributed by atoms with E-state index in [2.05, 4.69) is 0 Å². The third-order valence-electron chi connectivity index (χ3n) is 2.44. The summed E-state index contributed by atoms with van der Waals surface area (Å²) >= 11 is 0. The fourth-order valence-electron chi connectivity index (χ4n) is 1.64. The maximum atomic E-state index is 11.3. The molecule has 1 fully saturated rings. The minimum atomic E-state index is -1.04. The van der Waals surface area contributed by atoms with E-state index in [0.29, 0.717) is 19.4 Å².